The van der Waals surface area contributed by atoms with Gasteiger partial charge in [-0.2, -0.15) is 0 Å². The van der Waals surface area contributed by atoms with Gasteiger partial charge in [-0.05, 0) is 106 Å². The summed E-state index contributed by atoms with van der Waals surface area (Å²) in [6, 6.07) is 14.1. The minimum atomic E-state index is -0.0825. The average Bonchev–Trinajstić information content (AvgIpc) is 2.78. The number of fused-ring (bicyclic) bond motifs is 1. The van der Waals surface area contributed by atoms with E-state index in [4.69, 9.17) is 17.0 Å². The van der Waals surface area contributed by atoms with E-state index in [1.165, 1.54) is 5.56 Å². The lowest BCUT2D eigenvalue weighted by atomic mass is 10.0. The first-order valence-electron chi connectivity index (χ1n) is 11.2. The van der Waals surface area contributed by atoms with Crippen LogP contribution in [-0.4, -0.2) is 54.2 Å². The van der Waals surface area contributed by atoms with Crippen LogP contribution < -0.4 is 15.6 Å². The van der Waals surface area contributed by atoms with E-state index >= 15 is 0 Å². The predicted octanol–water partition coefficient (Wildman–Crippen LogP) is 3.98. The number of nitrogens with one attached hydrogen (secondary N) is 2. The lowest BCUT2D eigenvalue weighted by Crippen LogP contribution is -2.40. The largest absolute Gasteiger partial charge is 0.497 e. The normalized spacial score (nSPS) is 11.1. The monoisotopic (exact) mass is 466 g/mol. The van der Waals surface area contributed by atoms with E-state index in [9.17, 15) is 4.79 Å². The van der Waals surface area contributed by atoms with Crippen LogP contribution in [0.15, 0.2) is 47.3 Å². The highest BCUT2D eigenvalue weighted by atomic mass is 32.1. The van der Waals surface area contributed by atoms with E-state index < -0.39 is 0 Å². The maximum absolute atomic E-state index is 12.9. The molecule has 0 spiro atoms. The van der Waals surface area contributed by atoms with E-state index in [-0.39, 0.29) is 5.56 Å². The van der Waals surface area contributed by atoms with Gasteiger partial charge in [-0.1, -0.05) is 12.1 Å². The second-order valence-electron chi connectivity index (χ2n) is 8.74. The molecule has 1 heterocycles. The Labute approximate surface area is 201 Å². The van der Waals surface area contributed by atoms with Gasteiger partial charge in [-0.15, -0.1) is 0 Å². The Hall–Kier alpha value is -2.90. The summed E-state index contributed by atoms with van der Waals surface area (Å²) in [5, 5.41) is 5.04. The Bertz CT molecular complexity index is 1160. The fraction of sp³-hybridized carbons (Fsp3) is 0.385. The minimum absolute atomic E-state index is 0.0825. The highest BCUT2D eigenvalue weighted by Crippen LogP contribution is 2.19. The zero-order valence-electron chi connectivity index (χ0n) is 20.2. The Morgan fingerprint density at radius 3 is 2.42 bits per heavy atom. The molecule has 176 valence electrons. The Morgan fingerprint density at radius 2 is 1.76 bits per heavy atom. The Morgan fingerprint density at radius 1 is 1.06 bits per heavy atom. The summed E-state index contributed by atoms with van der Waals surface area (Å²) in [6.45, 7) is 6.91. The fourth-order valence-corrected chi connectivity index (χ4v) is 3.93. The van der Waals surface area contributed by atoms with Crippen molar-refractivity contribution in [3.63, 3.8) is 0 Å². The van der Waals surface area contributed by atoms with Crippen molar-refractivity contribution < 1.29 is 4.74 Å². The van der Waals surface area contributed by atoms with E-state index in [0.29, 0.717) is 23.8 Å². The third-order valence-electron chi connectivity index (χ3n) is 5.77. The molecule has 2 N–H and O–H groups in total. The van der Waals surface area contributed by atoms with Gasteiger partial charge in [-0.25, -0.2) is 0 Å². The molecule has 0 saturated heterocycles. The number of ether oxygens (including phenoxy) is 1. The molecule has 0 fully saturated rings. The number of rotatable bonds is 9. The van der Waals surface area contributed by atoms with Crippen molar-refractivity contribution in [2.75, 3.05) is 34.3 Å². The van der Waals surface area contributed by atoms with Crippen molar-refractivity contribution in [2.45, 2.75) is 33.4 Å². The number of methoxy groups -OCH3 is 1. The van der Waals surface area contributed by atoms with Gasteiger partial charge < -0.3 is 24.8 Å². The van der Waals surface area contributed by atoms with Gasteiger partial charge in [0, 0.05) is 24.2 Å². The molecule has 0 amide bonds. The molecule has 0 aliphatic rings. The van der Waals surface area contributed by atoms with Crippen LogP contribution in [0.5, 0.6) is 5.75 Å². The van der Waals surface area contributed by atoms with Crippen LogP contribution in [0.2, 0.25) is 0 Å². The molecule has 0 aliphatic carbocycles. The Balaban J connectivity index is 1.84. The molecular weight excluding hydrogens is 432 g/mol. The third kappa shape index (κ3) is 6.79. The maximum Gasteiger partial charge on any atom is 0.253 e. The smallest absolute Gasteiger partial charge is 0.253 e. The van der Waals surface area contributed by atoms with Gasteiger partial charge in [0.15, 0.2) is 5.11 Å². The predicted molar refractivity (Wildman–Crippen MR) is 140 cm³/mol. The van der Waals surface area contributed by atoms with Crippen molar-refractivity contribution in [1.29, 1.82) is 0 Å². The van der Waals surface area contributed by atoms with Gasteiger partial charge >= 0.3 is 0 Å². The molecule has 33 heavy (non-hydrogen) atoms. The summed E-state index contributed by atoms with van der Waals surface area (Å²) >= 11 is 5.74. The molecule has 0 unspecified atom stereocenters. The first kappa shape index (κ1) is 24.7. The number of hydrogen-bond donors (Lipinski definition) is 2. The molecule has 2 aromatic carbocycles. The van der Waals surface area contributed by atoms with E-state index in [0.717, 1.165) is 47.3 Å². The molecule has 0 atom stereocenters. The van der Waals surface area contributed by atoms with Crippen LogP contribution in [0.3, 0.4) is 0 Å². The maximum atomic E-state index is 12.9. The summed E-state index contributed by atoms with van der Waals surface area (Å²) in [5.41, 5.74) is 4.93. The second kappa shape index (κ2) is 11.3. The molecule has 0 bridgehead atoms. The number of nitrogens with zero attached hydrogens (tertiary/aromatic N) is 2. The van der Waals surface area contributed by atoms with Gasteiger partial charge in [0.2, 0.25) is 0 Å². The second-order valence-corrected chi connectivity index (χ2v) is 9.13. The molecule has 6 nitrogen and oxygen atoms in total. The highest BCUT2D eigenvalue weighted by Gasteiger charge is 2.14. The van der Waals surface area contributed by atoms with Crippen LogP contribution in [0.1, 0.15) is 28.7 Å². The number of pyridine rings is 1. The van der Waals surface area contributed by atoms with Crippen molar-refractivity contribution in [3.05, 3.63) is 75.1 Å². The summed E-state index contributed by atoms with van der Waals surface area (Å²) in [4.78, 5) is 20.1. The summed E-state index contributed by atoms with van der Waals surface area (Å²) in [7, 11) is 5.77. The fourth-order valence-electron chi connectivity index (χ4n) is 3.70. The molecule has 0 radical (unpaired) electrons. The van der Waals surface area contributed by atoms with Crippen LogP contribution in [0.4, 0.5) is 0 Å². The first-order chi connectivity index (χ1) is 15.8. The van der Waals surface area contributed by atoms with Gasteiger partial charge in [0.05, 0.1) is 13.7 Å². The number of benzene rings is 2. The van der Waals surface area contributed by atoms with Crippen molar-refractivity contribution in [2.24, 2.45) is 0 Å². The lowest BCUT2D eigenvalue weighted by Gasteiger charge is -2.26. The number of aryl methyl sites for hydroxylation is 2. The lowest BCUT2D eigenvalue weighted by molar-refractivity contribution is 0.383. The molecule has 3 rings (SSSR count). The molecule has 0 aliphatic heterocycles. The van der Waals surface area contributed by atoms with E-state index in [1.807, 2.05) is 41.3 Å². The SMILES string of the molecule is COc1ccc(CN(Cc2cc3cc(C)c(C)cc3[nH]c2=O)C(=S)NCCCN(C)C)cc1. The number of H-pyrrole nitrogens is 1. The van der Waals surface area contributed by atoms with Crippen molar-refractivity contribution in [1.82, 2.24) is 20.1 Å². The standard InChI is InChI=1S/C26H34N4O2S/c1-18-13-21-15-22(25(31)28-24(21)14-19(18)2)17-30(26(33)27-11-6-12-29(3)4)16-20-7-9-23(32-5)10-8-20/h7-10,13-15H,6,11-12,16-17H2,1-5H3,(H,27,33)(H,28,31). The Kier molecular flexibility index (Phi) is 8.47. The molecule has 1 aromatic heterocycles. The van der Waals surface area contributed by atoms with Crippen LogP contribution in [-0.2, 0) is 13.1 Å². The average molecular weight is 467 g/mol. The number of hydrogen-bond acceptors (Lipinski definition) is 4. The van der Waals surface area contributed by atoms with E-state index in [2.05, 4.69) is 49.2 Å². The zero-order chi connectivity index (χ0) is 24.0. The molecule has 7 heteroatoms. The number of aromatic amines is 1. The topological polar surface area (TPSA) is 60.6 Å². The van der Waals surface area contributed by atoms with Gasteiger partial charge in [0.25, 0.3) is 5.56 Å². The molecule has 0 saturated carbocycles. The minimum Gasteiger partial charge on any atom is -0.497 e. The number of thiocarbonyl (C=S) groups is 1. The third-order valence-corrected chi connectivity index (χ3v) is 6.18. The van der Waals surface area contributed by atoms with E-state index in [1.54, 1.807) is 7.11 Å². The summed E-state index contributed by atoms with van der Waals surface area (Å²) in [6.07, 6.45) is 0.985. The quantitative estimate of drug-likeness (QED) is 0.367. The number of aromatic nitrogens is 1. The molecule has 3 aromatic rings. The first-order valence-corrected chi connectivity index (χ1v) is 11.6. The van der Waals surface area contributed by atoms with Crippen LogP contribution in [0, 0.1) is 13.8 Å². The van der Waals surface area contributed by atoms with Crippen LogP contribution in [0.25, 0.3) is 10.9 Å². The van der Waals surface area contributed by atoms with Crippen molar-refractivity contribution in [3.8, 4) is 5.75 Å². The highest BCUT2D eigenvalue weighted by molar-refractivity contribution is 7.80. The van der Waals surface area contributed by atoms with Crippen LogP contribution >= 0.6 is 12.2 Å². The van der Waals surface area contributed by atoms with Gasteiger partial charge in [0.1, 0.15) is 5.75 Å². The van der Waals surface area contributed by atoms with Gasteiger partial charge in [-0.3, -0.25) is 4.79 Å². The summed E-state index contributed by atoms with van der Waals surface area (Å²) in [5.74, 6) is 0.811. The summed E-state index contributed by atoms with van der Waals surface area (Å²) < 4.78 is 5.28. The zero-order valence-corrected chi connectivity index (χ0v) is 21.0. The van der Waals surface area contributed by atoms with Crippen molar-refractivity contribution >= 4 is 28.2 Å². The molecular formula is C26H34N4O2S.